The Morgan fingerprint density at radius 3 is 2.12 bits per heavy atom. The van der Waals surface area contributed by atoms with Crippen molar-refractivity contribution < 1.29 is 30.8 Å². The maximum absolute atomic E-state index is 13.3. The predicted octanol–water partition coefficient (Wildman–Crippen LogP) is 4.98. The van der Waals surface area contributed by atoms with E-state index in [-0.39, 0.29) is 16.2 Å². The Morgan fingerprint density at radius 1 is 1.00 bits per heavy atom. The number of halogens is 4. The monoisotopic (exact) mass is 505 g/mol. The van der Waals surface area contributed by atoms with Gasteiger partial charge in [0.1, 0.15) is 5.15 Å². The second kappa shape index (κ2) is 9.73. The SMILES string of the molecule is CNS(=O)(=O)c1ccc(-c2c(Cl)nc(C(F)(F)F)nc2-c2ccc(SOOC)cc2)cc1. The van der Waals surface area contributed by atoms with Gasteiger partial charge < -0.3 is 0 Å². The summed E-state index contributed by atoms with van der Waals surface area (Å²) in [5.41, 5.74) is 0.741. The fraction of sp³-hybridized carbons (Fsp3) is 0.158. The third-order valence-electron chi connectivity index (χ3n) is 4.17. The van der Waals surface area contributed by atoms with Crippen LogP contribution >= 0.6 is 23.6 Å². The van der Waals surface area contributed by atoms with E-state index in [9.17, 15) is 21.6 Å². The first kappa shape index (κ1) is 24.4. The fourth-order valence-electron chi connectivity index (χ4n) is 2.69. The van der Waals surface area contributed by atoms with E-state index in [2.05, 4.69) is 19.6 Å². The third-order valence-corrected chi connectivity index (χ3v) is 6.54. The summed E-state index contributed by atoms with van der Waals surface area (Å²) < 4.78 is 70.9. The van der Waals surface area contributed by atoms with Crippen molar-refractivity contribution in [2.45, 2.75) is 16.0 Å². The van der Waals surface area contributed by atoms with Crippen molar-refractivity contribution in [3.05, 3.63) is 59.5 Å². The van der Waals surface area contributed by atoms with Crippen molar-refractivity contribution in [3.8, 4) is 22.4 Å². The lowest BCUT2D eigenvalue weighted by atomic mass is 10.0. The van der Waals surface area contributed by atoms with Crippen LogP contribution < -0.4 is 4.72 Å². The van der Waals surface area contributed by atoms with E-state index in [0.717, 1.165) is 12.0 Å². The van der Waals surface area contributed by atoms with Gasteiger partial charge in [-0.05, 0) is 36.9 Å². The molecule has 0 aliphatic carbocycles. The quantitative estimate of drug-likeness (QED) is 0.210. The lowest BCUT2D eigenvalue weighted by Crippen LogP contribution is -2.18. The molecular formula is C19H15ClF3N3O4S2. The van der Waals surface area contributed by atoms with E-state index in [1.165, 1.54) is 38.4 Å². The van der Waals surface area contributed by atoms with Gasteiger partial charge in [0.25, 0.3) is 0 Å². The highest BCUT2D eigenvalue weighted by Crippen LogP contribution is 2.39. The Labute approximate surface area is 191 Å². The molecule has 0 atom stereocenters. The van der Waals surface area contributed by atoms with Gasteiger partial charge in [-0.15, -0.1) is 0 Å². The second-order valence-corrected chi connectivity index (χ2v) is 9.15. The van der Waals surface area contributed by atoms with Crippen LogP contribution in [-0.2, 0) is 25.4 Å². The zero-order chi connectivity index (χ0) is 23.5. The standard InChI is InChI=1S/C19H15ClF3N3O4S2/c1-24-32(27,28)14-9-5-11(6-10-14)15-16(25-18(19(21,22)23)26-17(15)20)12-3-7-13(8-4-12)31-30-29-2/h3-10,24H,1-2H3. The van der Waals surface area contributed by atoms with Crippen molar-refractivity contribution >= 4 is 33.7 Å². The van der Waals surface area contributed by atoms with Crippen molar-refractivity contribution in [3.63, 3.8) is 0 Å². The fourth-order valence-corrected chi connectivity index (χ4v) is 4.09. The lowest BCUT2D eigenvalue weighted by molar-refractivity contribution is -0.160. The molecule has 0 spiro atoms. The minimum absolute atomic E-state index is 0.0197. The Balaban J connectivity index is 2.16. The largest absolute Gasteiger partial charge is 0.451 e. The average molecular weight is 506 g/mol. The van der Waals surface area contributed by atoms with Crippen LogP contribution in [0.25, 0.3) is 22.4 Å². The summed E-state index contributed by atoms with van der Waals surface area (Å²) >= 11 is 7.08. The number of hydrogen-bond acceptors (Lipinski definition) is 7. The van der Waals surface area contributed by atoms with E-state index in [1.807, 2.05) is 0 Å². The normalized spacial score (nSPS) is 12.2. The van der Waals surface area contributed by atoms with Gasteiger partial charge in [0.2, 0.25) is 15.8 Å². The molecule has 2 aromatic carbocycles. The maximum Gasteiger partial charge on any atom is 0.451 e. The molecular weight excluding hydrogens is 491 g/mol. The lowest BCUT2D eigenvalue weighted by Gasteiger charge is -2.15. The molecule has 1 N–H and O–H groups in total. The van der Waals surface area contributed by atoms with Crippen LogP contribution in [0.3, 0.4) is 0 Å². The number of nitrogens with one attached hydrogen (secondary N) is 1. The number of nitrogens with zero attached hydrogens (tertiary/aromatic N) is 2. The molecule has 0 fully saturated rings. The molecule has 7 nitrogen and oxygen atoms in total. The first-order valence-electron chi connectivity index (χ1n) is 8.73. The molecule has 0 saturated heterocycles. The van der Waals surface area contributed by atoms with E-state index in [4.69, 9.17) is 15.9 Å². The summed E-state index contributed by atoms with van der Waals surface area (Å²) in [7, 11) is -1.09. The molecule has 0 unspecified atom stereocenters. The van der Waals surface area contributed by atoms with E-state index >= 15 is 0 Å². The molecule has 1 aromatic heterocycles. The number of benzene rings is 2. The minimum atomic E-state index is -4.82. The van der Waals surface area contributed by atoms with Gasteiger partial charge in [-0.25, -0.2) is 28.0 Å². The highest BCUT2D eigenvalue weighted by Gasteiger charge is 2.36. The summed E-state index contributed by atoms with van der Waals surface area (Å²) in [4.78, 5) is 12.2. The second-order valence-electron chi connectivity index (χ2n) is 6.13. The predicted molar refractivity (Wildman–Crippen MR) is 113 cm³/mol. The molecule has 0 amide bonds. The molecule has 0 aliphatic heterocycles. The third kappa shape index (κ3) is 5.39. The van der Waals surface area contributed by atoms with Crippen LogP contribution in [0, 0.1) is 0 Å². The van der Waals surface area contributed by atoms with Gasteiger partial charge in [0, 0.05) is 16.0 Å². The smallest absolute Gasteiger partial charge is 0.227 e. The number of alkyl halides is 3. The van der Waals surface area contributed by atoms with E-state index in [1.54, 1.807) is 24.3 Å². The Morgan fingerprint density at radius 2 is 1.59 bits per heavy atom. The number of aromatic nitrogens is 2. The van der Waals surface area contributed by atoms with Gasteiger partial charge in [0.15, 0.2) is 0 Å². The van der Waals surface area contributed by atoms with Crippen LogP contribution in [0.15, 0.2) is 58.3 Å². The molecule has 0 saturated carbocycles. The maximum atomic E-state index is 13.3. The molecule has 170 valence electrons. The topological polar surface area (TPSA) is 90.4 Å². The first-order chi connectivity index (χ1) is 15.1. The summed E-state index contributed by atoms with van der Waals surface area (Å²) in [5, 5.41) is -0.423. The molecule has 0 radical (unpaired) electrons. The van der Waals surface area contributed by atoms with Gasteiger partial charge in [-0.1, -0.05) is 35.9 Å². The van der Waals surface area contributed by atoms with Gasteiger partial charge in [-0.3, -0.25) is 0 Å². The molecule has 0 bridgehead atoms. The zero-order valence-corrected chi connectivity index (χ0v) is 18.9. The molecule has 3 rings (SSSR count). The summed E-state index contributed by atoms with van der Waals surface area (Å²) in [6.45, 7) is 0. The number of sulfonamides is 1. The minimum Gasteiger partial charge on any atom is -0.227 e. The van der Waals surface area contributed by atoms with E-state index < -0.39 is 27.2 Å². The first-order valence-corrected chi connectivity index (χ1v) is 11.3. The summed E-state index contributed by atoms with van der Waals surface area (Å²) in [6.07, 6.45) is -4.82. The van der Waals surface area contributed by atoms with Crippen LogP contribution in [0.5, 0.6) is 0 Å². The van der Waals surface area contributed by atoms with Gasteiger partial charge in [-0.2, -0.15) is 17.5 Å². The van der Waals surface area contributed by atoms with Gasteiger partial charge in [0.05, 0.1) is 29.7 Å². The Kier molecular flexibility index (Phi) is 7.43. The summed E-state index contributed by atoms with van der Waals surface area (Å²) in [6, 6.07) is 11.8. The molecule has 13 heteroatoms. The van der Waals surface area contributed by atoms with Crippen molar-refractivity contribution in [2.24, 2.45) is 0 Å². The van der Waals surface area contributed by atoms with Crippen LogP contribution in [-0.4, -0.2) is 32.5 Å². The molecule has 3 aromatic rings. The van der Waals surface area contributed by atoms with Crippen LogP contribution in [0.4, 0.5) is 13.2 Å². The zero-order valence-electron chi connectivity index (χ0n) is 16.5. The highest BCUT2D eigenvalue weighted by atomic mass is 35.5. The Hall–Kier alpha value is -2.22. The molecule has 1 heterocycles. The van der Waals surface area contributed by atoms with E-state index in [0.29, 0.717) is 16.0 Å². The van der Waals surface area contributed by atoms with Crippen molar-refractivity contribution in [2.75, 3.05) is 14.2 Å². The van der Waals surface area contributed by atoms with Crippen molar-refractivity contribution in [1.82, 2.24) is 14.7 Å². The van der Waals surface area contributed by atoms with Crippen molar-refractivity contribution in [1.29, 1.82) is 0 Å². The van der Waals surface area contributed by atoms with Gasteiger partial charge >= 0.3 is 6.18 Å². The summed E-state index contributed by atoms with van der Waals surface area (Å²) in [5.74, 6) is -1.39. The van der Waals surface area contributed by atoms with Crippen LogP contribution in [0.2, 0.25) is 5.15 Å². The number of hydrogen-bond donors (Lipinski definition) is 1. The Bertz CT molecular complexity index is 1210. The highest BCUT2D eigenvalue weighted by molar-refractivity contribution is 7.94. The van der Waals surface area contributed by atoms with Crippen LogP contribution in [0.1, 0.15) is 5.82 Å². The molecule has 32 heavy (non-hydrogen) atoms. The average Bonchev–Trinajstić information content (AvgIpc) is 2.77. The molecule has 0 aliphatic rings. The number of rotatable bonds is 7.